The minimum atomic E-state index is -0.0376. The molecule has 0 atom stereocenters. The van der Waals surface area contributed by atoms with Crippen LogP contribution in [0, 0.1) is 0 Å². The third-order valence-corrected chi connectivity index (χ3v) is 5.47. The van der Waals surface area contributed by atoms with Gasteiger partial charge in [-0.05, 0) is 53.2 Å². The molecule has 0 aromatic heterocycles. The summed E-state index contributed by atoms with van der Waals surface area (Å²) in [5, 5.41) is 0.685. The lowest BCUT2D eigenvalue weighted by molar-refractivity contribution is -0.122. The topological polar surface area (TPSA) is 41.9 Å². The molecule has 1 fully saturated rings. The molecular weight excluding hydrogens is 380 g/mol. The molecule has 0 aliphatic carbocycles. The Morgan fingerprint density at radius 1 is 0.931 bits per heavy atom. The second kappa shape index (κ2) is 8.80. The summed E-state index contributed by atoms with van der Waals surface area (Å²) < 4.78 is 5.21. The minimum absolute atomic E-state index is 0.0376. The van der Waals surface area contributed by atoms with Gasteiger partial charge >= 0.3 is 0 Å². The maximum absolute atomic E-state index is 13.2. The summed E-state index contributed by atoms with van der Waals surface area (Å²) >= 11 is 1.40. The van der Waals surface area contributed by atoms with Gasteiger partial charge in [0.05, 0.1) is 24.2 Å². The molecule has 1 aliphatic heterocycles. The van der Waals surface area contributed by atoms with E-state index in [2.05, 4.69) is 0 Å². The van der Waals surface area contributed by atoms with Crippen molar-refractivity contribution in [3.05, 3.63) is 101 Å². The number of hydrogen-bond donors (Lipinski definition) is 0. The van der Waals surface area contributed by atoms with Crippen LogP contribution in [0.3, 0.4) is 0 Å². The fourth-order valence-corrected chi connectivity index (χ4v) is 3.96. The Morgan fingerprint density at radius 3 is 2.24 bits per heavy atom. The predicted molar refractivity (Wildman–Crippen MR) is 119 cm³/mol. The molecule has 4 rings (SSSR count). The highest BCUT2D eigenvalue weighted by atomic mass is 32.2. The van der Waals surface area contributed by atoms with Crippen LogP contribution in [0.2, 0.25) is 0 Å². The second-order valence-corrected chi connectivity index (χ2v) is 7.50. The number of ether oxygens (including phenoxy) is 1. The summed E-state index contributed by atoms with van der Waals surface area (Å²) in [6, 6.07) is 27.3. The monoisotopic (exact) mass is 400 g/mol. The molecule has 1 amide bonds. The van der Waals surface area contributed by atoms with Crippen LogP contribution in [0.15, 0.2) is 94.8 Å². The molecule has 1 heterocycles. The van der Waals surface area contributed by atoms with Gasteiger partial charge in [-0.2, -0.15) is 0 Å². The lowest BCUT2D eigenvalue weighted by Crippen LogP contribution is -2.28. The van der Waals surface area contributed by atoms with E-state index < -0.39 is 0 Å². The molecule has 144 valence electrons. The maximum Gasteiger partial charge on any atom is 0.267 e. The van der Waals surface area contributed by atoms with Gasteiger partial charge in [0, 0.05) is 0 Å². The van der Waals surface area contributed by atoms with E-state index in [0.29, 0.717) is 16.6 Å². The van der Waals surface area contributed by atoms with E-state index in [4.69, 9.17) is 9.73 Å². The third-order valence-electron chi connectivity index (χ3n) is 4.47. The summed E-state index contributed by atoms with van der Waals surface area (Å²) in [6.07, 6.45) is 1.90. The Morgan fingerprint density at radius 2 is 1.59 bits per heavy atom. The fraction of sp³-hybridized carbons (Fsp3) is 0.0833. The Hall–Kier alpha value is -3.31. The van der Waals surface area contributed by atoms with E-state index in [-0.39, 0.29) is 5.91 Å². The zero-order chi connectivity index (χ0) is 20.1. The highest BCUT2D eigenvalue weighted by Gasteiger charge is 2.33. The number of carbonyl (C=O) groups excluding carboxylic acids is 1. The van der Waals surface area contributed by atoms with Crippen molar-refractivity contribution in [1.82, 2.24) is 4.90 Å². The molecule has 3 aromatic rings. The first-order valence-corrected chi connectivity index (χ1v) is 10.1. The van der Waals surface area contributed by atoms with Gasteiger partial charge in [0.1, 0.15) is 5.75 Å². The number of nitrogens with zero attached hydrogens (tertiary/aromatic N) is 2. The van der Waals surface area contributed by atoms with Crippen LogP contribution in [0.5, 0.6) is 5.75 Å². The summed E-state index contributed by atoms with van der Waals surface area (Å²) in [6.45, 7) is 0.484. The van der Waals surface area contributed by atoms with Crippen molar-refractivity contribution in [2.45, 2.75) is 6.54 Å². The number of rotatable bonds is 5. The first-order valence-electron chi connectivity index (χ1n) is 9.26. The van der Waals surface area contributed by atoms with E-state index in [1.165, 1.54) is 11.8 Å². The maximum atomic E-state index is 13.2. The first kappa shape index (κ1) is 19.0. The SMILES string of the molecule is COc1ccc(/C=C2\S/C(=N\c3ccccc3)N(Cc3ccccc3)C2=O)cc1. The molecule has 29 heavy (non-hydrogen) atoms. The van der Waals surface area contributed by atoms with Crippen molar-refractivity contribution in [3.8, 4) is 5.75 Å². The zero-order valence-corrected chi connectivity index (χ0v) is 16.8. The summed E-state index contributed by atoms with van der Waals surface area (Å²) in [5.41, 5.74) is 2.83. The van der Waals surface area contributed by atoms with E-state index in [1.807, 2.05) is 91.0 Å². The van der Waals surface area contributed by atoms with Gasteiger partial charge in [-0.25, -0.2) is 4.99 Å². The van der Waals surface area contributed by atoms with Gasteiger partial charge in [-0.15, -0.1) is 0 Å². The average molecular weight is 401 g/mol. The Labute approximate surface area is 174 Å². The number of benzene rings is 3. The van der Waals surface area contributed by atoms with Crippen molar-refractivity contribution < 1.29 is 9.53 Å². The molecular formula is C24H20N2O2S. The molecule has 0 bridgehead atoms. The molecule has 0 N–H and O–H groups in total. The normalized spacial score (nSPS) is 16.6. The smallest absolute Gasteiger partial charge is 0.267 e. The molecule has 0 spiro atoms. The van der Waals surface area contributed by atoms with Crippen molar-refractivity contribution in [1.29, 1.82) is 0 Å². The number of aliphatic imine (C=N–C) groups is 1. The van der Waals surface area contributed by atoms with Gasteiger partial charge in [0.2, 0.25) is 0 Å². The fourth-order valence-electron chi connectivity index (χ4n) is 2.96. The molecule has 0 radical (unpaired) electrons. The quantitative estimate of drug-likeness (QED) is 0.531. The van der Waals surface area contributed by atoms with Crippen molar-refractivity contribution in [2.24, 2.45) is 4.99 Å². The van der Waals surface area contributed by atoms with Crippen LogP contribution in [-0.4, -0.2) is 23.1 Å². The second-order valence-electron chi connectivity index (χ2n) is 6.49. The molecule has 3 aromatic carbocycles. The van der Waals surface area contributed by atoms with Gasteiger partial charge in [0.15, 0.2) is 5.17 Å². The molecule has 1 aliphatic rings. The van der Waals surface area contributed by atoms with Crippen LogP contribution < -0.4 is 4.74 Å². The summed E-state index contributed by atoms with van der Waals surface area (Å²) in [7, 11) is 1.64. The predicted octanol–water partition coefficient (Wildman–Crippen LogP) is 5.50. The minimum Gasteiger partial charge on any atom is -0.497 e. The van der Waals surface area contributed by atoms with E-state index >= 15 is 0 Å². The highest BCUT2D eigenvalue weighted by molar-refractivity contribution is 8.18. The number of amides is 1. The van der Waals surface area contributed by atoms with Crippen LogP contribution in [0.25, 0.3) is 6.08 Å². The average Bonchev–Trinajstić information content (AvgIpc) is 3.04. The van der Waals surface area contributed by atoms with Crippen LogP contribution >= 0.6 is 11.8 Å². The highest BCUT2D eigenvalue weighted by Crippen LogP contribution is 2.35. The Kier molecular flexibility index (Phi) is 5.77. The van der Waals surface area contributed by atoms with Crippen LogP contribution in [0.1, 0.15) is 11.1 Å². The number of para-hydroxylation sites is 1. The van der Waals surface area contributed by atoms with Crippen molar-refractivity contribution in [3.63, 3.8) is 0 Å². The van der Waals surface area contributed by atoms with E-state index in [0.717, 1.165) is 22.6 Å². The van der Waals surface area contributed by atoms with Crippen molar-refractivity contribution >= 4 is 34.6 Å². The lowest BCUT2D eigenvalue weighted by atomic mass is 10.2. The first-order chi connectivity index (χ1) is 14.2. The Bertz CT molecular complexity index is 1050. The standard InChI is InChI=1S/C24H20N2O2S/c1-28-21-14-12-18(13-15-21)16-22-23(27)26(17-19-8-4-2-5-9-19)24(29-22)25-20-10-6-3-7-11-20/h2-16H,17H2,1H3/b22-16-,25-24-. The van der Waals surface area contributed by atoms with Gasteiger partial charge < -0.3 is 4.74 Å². The Balaban J connectivity index is 1.67. The van der Waals surface area contributed by atoms with E-state index in [9.17, 15) is 4.79 Å². The number of thioether (sulfide) groups is 1. The zero-order valence-electron chi connectivity index (χ0n) is 16.0. The third kappa shape index (κ3) is 4.58. The molecule has 0 saturated carbocycles. The number of hydrogen-bond acceptors (Lipinski definition) is 4. The van der Waals surface area contributed by atoms with Gasteiger partial charge in [0.25, 0.3) is 5.91 Å². The molecule has 0 unspecified atom stereocenters. The molecule has 4 nitrogen and oxygen atoms in total. The van der Waals surface area contributed by atoms with Gasteiger partial charge in [-0.3, -0.25) is 9.69 Å². The number of methoxy groups -OCH3 is 1. The number of carbonyl (C=O) groups is 1. The van der Waals surface area contributed by atoms with Crippen LogP contribution in [0.4, 0.5) is 5.69 Å². The molecule has 1 saturated heterocycles. The lowest BCUT2D eigenvalue weighted by Gasteiger charge is -2.15. The summed E-state index contributed by atoms with van der Waals surface area (Å²) in [4.78, 5) is 20.3. The largest absolute Gasteiger partial charge is 0.497 e. The summed E-state index contributed by atoms with van der Waals surface area (Å²) in [5.74, 6) is 0.749. The van der Waals surface area contributed by atoms with Crippen molar-refractivity contribution in [2.75, 3.05) is 7.11 Å². The number of amidine groups is 1. The van der Waals surface area contributed by atoms with Gasteiger partial charge in [-0.1, -0.05) is 60.7 Å². The van der Waals surface area contributed by atoms with E-state index in [1.54, 1.807) is 12.0 Å². The van der Waals surface area contributed by atoms with Crippen LogP contribution in [-0.2, 0) is 11.3 Å². The molecule has 5 heteroatoms.